The predicted molar refractivity (Wildman–Crippen MR) is 86.7 cm³/mol. The van der Waals surface area contributed by atoms with Crippen LogP contribution in [0.25, 0.3) is 0 Å². The topological polar surface area (TPSA) is 33.6 Å². The fourth-order valence-corrected chi connectivity index (χ4v) is 3.07. The molecule has 21 heavy (non-hydrogen) atoms. The molecule has 0 fully saturated rings. The summed E-state index contributed by atoms with van der Waals surface area (Å²) in [6.07, 6.45) is 2.80. The van der Waals surface area contributed by atoms with Crippen molar-refractivity contribution in [2.45, 2.75) is 18.9 Å². The minimum atomic E-state index is -0.288. The lowest BCUT2D eigenvalue weighted by Gasteiger charge is -2.37. The molecule has 3 rings (SSSR count). The Hall–Kier alpha value is -2.13. The molecule has 2 aromatic carbocycles. The van der Waals surface area contributed by atoms with Gasteiger partial charge in [0.1, 0.15) is 5.75 Å². The van der Waals surface area contributed by atoms with Crippen LogP contribution in [0.4, 0.5) is 5.69 Å². The van der Waals surface area contributed by atoms with Crippen LogP contribution in [0.3, 0.4) is 0 Å². The second-order valence-corrected chi connectivity index (χ2v) is 5.12. The van der Waals surface area contributed by atoms with Crippen LogP contribution in [0.2, 0.25) is 0 Å². The first-order valence-corrected chi connectivity index (χ1v) is 7.35. The average Bonchev–Trinajstić information content (AvgIpc) is 2.55. The number of benzene rings is 2. The molecular weight excluding hydrogens is 260 g/mol. The van der Waals surface area contributed by atoms with Crippen molar-refractivity contribution in [2.75, 3.05) is 13.7 Å². The van der Waals surface area contributed by atoms with Gasteiger partial charge in [0.25, 0.3) is 0 Å². The van der Waals surface area contributed by atoms with E-state index in [1.54, 1.807) is 0 Å². The molecule has 0 bridgehead atoms. The number of aliphatic imine (C=N–C) groups is 1. The molecule has 0 saturated carbocycles. The molecule has 108 valence electrons. The number of hydrogen-bond donors (Lipinski definition) is 1. The van der Waals surface area contributed by atoms with Gasteiger partial charge in [-0.15, -0.1) is 0 Å². The molecule has 1 aliphatic rings. The molecule has 0 spiro atoms. The van der Waals surface area contributed by atoms with Crippen LogP contribution in [0.5, 0.6) is 5.75 Å². The molecule has 0 aliphatic carbocycles. The molecule has 1 atom stereocenters. The Morgan fingerprint density at radius 3 is 2.57 bits per heavy atom. The van der Waals surface area contributed by atoms with Gasteiger partial charge in [0.2, 0.25) is 0 Å². The van der Waals surface area contributed by atoms with E-state index in [1.807, 2.05) is 38.4 Å². The van der Waals surface area contributed by atoms with Crippen molar-refractivity contribution in [3.63, 3.8) is 0 Å². The van der Waals surface area contributed by atoms with Gasteiger partial charge in [-0.05, 0) is 26.1 Å². The number of nitrogens with zero attached hydrogens (tertiary/aromatic N) is 1. The van der Waals surface area contributed by atoms with E-state index in [4.69, 9.17) is 4.74 Å². The molecule has 0 aromatic heterocycles. The second-order valence-electron chi connectivity index (χ2n) is 5.12. The molecule has 2 aromatic rings. The van der Waals surface area contributed by atoms with Crippen molar-refractivity contribution in [1.29, 1.82) is 0 Å². The highest BCUT2D eigenvalue weighted by molar-refractivity contribution is 5.74. The van der Waals surface area contributed by atoms with Gasteiger partial charge in [-0.2, -0.15) is 0 Å². The fraction of sp³-hybridized carbons (Fsp3) is 0.278. The number of fused-ring (bicyclic) bond motifs is 1. The van der Waals surface area contributed by atoms with Gasteiger partial charge in [-0.25, -0.2) is 0 Å². The number of rotatable bonds is 4. The van der Waals surface area contributed by atoms with Crippen LogP contribution in [0.15, 0.2) is 53.5 Å². The smallest absolute Gasteiger partial charge is 0.124 e. The molecule has 0 amide bonds. The predicted octanol–water partition coefficient (Wildman–Crippen LogP) is 3.65. The summed E-state index contributed by atoms with van der Waals surface area (Å²) in [5, 5.41) is 3.52. The molecule has 0 saturated heterocycles. The molecular formula is C18H20N2O. The van der Waals surface area contributed by atoms with E-state index < -0.39 is 0 Å². The standard InChI is InChI=1S/C18H20N2O/c1-3-21-17-11-7-5-9-15(17)18(19-2)12-13-20-16-10-6-4-8-14(16)18/h4-11,13,19H,3,12H2,1-2H3. The van der Waals surface area contributed by atoms with Crippen LogP contribution in [0, 0.1) is 0 Å². The SMILES string of the molecule is CCOc1ccccc1C1(NC)CC=Nc2ccccc21. The Balaban J connectivity index is 2.21. The van der Waals surface area contributed by atoms with E-state index in [-0.39, 0.29) is 5.54 Å². The lowest BCUT2D eigenvalue weighted by atomic mass is 9.78. The first kappa shape index (κ1) is 13.8. The van der Waals surface area contributed by atoms with Crippen molar-refractivity contribution in [2.24, 2.45) is 4.99 Å². The Morgan fingerprint density at radius 1 is 1.10 bits per heavy atom. The number of ether oxygens (including phenoxy) is 1. The summed E-state index contributed by atoms with van der Waals surface area (Å²) in [4.78, 5) is 4.53. The summed E-state index contributed by atoms with van der Waals surface area (Å²) >= 11 is 0. The van der Waals surface area contributed by atoms with Gasteiger partial charge in [0.05, 0.1) is 17.8 Å². The zero-order chi connectivity index (χ0) is 14.7. The Bertz CT molecular complexity index is 666. The molecule has 3 nitrogen and oxygen atoms in total. The van der Waals surface area contributed by atoms with E-state index in [2.05, 4.69) is 40.6 Å². The van der Waals surface area contributed by atoms with Crippen LogP contribution < -0.4 is 10.1 Å². The average molecular weight is 280 g/mol. The maximum absolute atomic E-state index is 5.85. The van der Waals surface area contributed by atoms with E-state index in [1.165, 1.54) is 5.56 Å². The Labute approximate surface area is 125 Å². The molecule has 1 aliphatic heterocycles. The summed E-state index contributed by atoms with van der Waals surface area (Å²) in [7, 11) is 2.00. The van der Waals surface area contributed by atoms with Crippen LogP contribution in [-0.4, -0.2) is 19.9 Å². The van der Waals surface area contributed by atoms with E-state index in [9.17, 15) is 0 Å². The van der Waals surface area contributed by atoms with E-state index in [0.717, 1.165) is 23.4 Å². The summed E-state index contributed by atoms with van der Waals surface area (Å²) in [6.45, 7) is 2.67. The van der Waals surface area contributed by atoms with Gasteiger partial charge in [-0.3, -0.25) is 4.99 Å². The summed E-state index contributed by atoms with van der Waals surface area (Å²) in [5.41, 5.74) is 3.09. The summed E-state index contributed by atoms with van der Waals surface area (Å²) < 4.78 is 5.85. The Morgan fingerprint density at radius 2 is 1.81 bits per heavy atom. The van der Waals surface area contributed by atoms with E-state index >= 15 is 0 Å². The minimum Gasteiger partial charge on any atom is -0.494 e. The number of nitrogens with one attached hydrogen (secondary N) is 1. The molecule has 3 heteroatoms. The van der Waals surface area contributed by atoms with Crippen molar-refractivity contribution >= 4 is 11.9 Å². The van der Waals surface area contributed by atoms with Crippen LogP contribution >= 0.6 is 0 Å². The third kappa shape index (κ3) is 2.24. The van der Waals surface area contributed by atoms with Gasteiger partial charge in [0, 0.05) is 23.8 Å². The lowest BCUT2D eigenvalue weighted by molar-refractivity contribution is 0.323. The lowest BCUT2D eigenvalue weighted by Crippen LogP contribution is -2.43. The van der Waals surface area contributed by atoms with Crippen molar-refractivity contribution in [3.8, 4) is 5.75 Å². The fourth-order valence-electron chi connectivity index (χ4n) is 3.07. The maximum Gasteiger partial charge on any atom is 0.124 e. The largest absolute Gasteiger partial charge is 0.494 e. The molecule has 0 radical (unpaired) electrons. The molecule has 1 heterocycles. The quantitative estimate of drug-likeness (QED) is 0.927. The third-order valence-corrected chi connectivity index (χ3v) is 4.07. The van der Waals surface area contributed by atoms with Gasteiger partial charge in [0.15, 0.2) is 0 Å². The van der Waals surface area contributed by atoms with Crippen molar-refractivity contribution in [1.82, 2.24) is 5.32 Å². The third-order valence-electron chi connectivity index (χ3n) is 4.07. The van der Waals surface area contributed by atoms with Crippen LogP contribution in [-0.2, 0) is 5.54 Å². The highest BCUT2D eigenvalue weighted by Crippen LogP contribution is 2.43. The van der Waals surface area contributed by atoms with Crippen molar-refractivity contribution < 1.29 is 4.74 Å². The van der Waals surface area contributed by atoms with Crippen molar-refractivity contribution in [3.05, 3.63) is 59.7 Å². The van der Waals surface area contributed by atoms with Gasteiger partial charge < -0.3 is 10.1 Å². The van der Waals surface area contributed by atoms with E-state index in [0.29, 0.717) is 6.61 Å². The maximum atomic E-state index is 5.85. The highest BCUT2D eigenvalue weighted by Gasteiger charge is 2.37. The zero-order valence-corrected chi connectivity index (χ0v) is 12.5. The highest BCUT2D eigenvalue weighted by atomic mass is 16.5. The number of para-hydroxylation sites is 2. The molecule has 1 N–H and O–H groups in total. The first-order chi connectivity index (χ1) is 10.3. The summed E-state index contributed by atoms with van der Waals surface area (Å²) in [6, 6.07) is 16.5. The number of hydrogen-bond acceptors (Lipinski definition) is 3. The molecule has 1 unspecified atom stereocenters. The van der Waals surface area contributed by atoms with Gasteiger partial charge >= 0.3 is 0 Å². The van der Waals surface area contributed by atoms with Gasteiger partial charge in [-0.1, -0.05) is 36.4 Å². The zero-order valence-electron chi connectivity index (χ0n) is 12.5. The Kier molecular flexibility index (Phi) is 3.76. The van der Waals surface area contributed by atoms with Crippen LogP contribution in [0.1, 0.15) is 24.5 Å². The summed E-state index contributed by atoms with van der Waals surface area (Å²) in [5.74, 6) is 0.930. The first-order valence-electron chi connectivity index (χ1n) is 7.35. The normalized spacial score (nSPS) is 20.1. The minimum absolute atomic E-state index is 0.288. The second kappa shape index (κ2) is 5.70. The monoisotopic (exact) mass is 280 g/mol.